The second-order valence-corrected chi connectivity index (χ2v) is 8.59. The molecule has 0 saturated heterocycles. The van der Waals surface area contributed by atoms with Gasteiger partial charge in [0.05, 0.1) is 22.5 Å². The number of anilines is 1. The van der Waals surface area contributed by atoms with Gasteiger partial charge in [0, 0.05) is 6.42 Å². The number of nitrogens with zero attached hydrogens (tertiary/aromatic N) is 1. The van der Waals surface area contributed by atoms with Gasteiger partial charge >= 0.3 is 5.97 Å². The molecule has 0 bridgehead atoms. The lowest BCUT2D eigenvalue weighted by atomic mass is 9.90. The van der Waals surface area contributed by atoms with Crippen molar-refractivity contribution in [3.05, 3.63) is 95.6 Å². The Balaban J connectivity index is 1.86. The minimum absolute atomic E-state index is 0.0932. The first kappa shape index (κ1) is 20.1. The van der Waals surface area contributed by atoms with Crippen LogP contribution in [0.15, 0.2) is 78.9 Å². The summed E-state index contributed by atoms with van der Waals surface area (Å²) in [5.74, 6) is -0.497. The standard InChI is InChI=1S/C27H23NO4/c1-17(2)16-27-25(30)23(18-8-4-3-5-9-18)24(19-12-14-20(29)15-13-19)28(27)22-11-7-6-10-21(22)26(31)32-27/h3-15,17,29H,16H2,1-2H3/t27-/m1/s1. The molecule has 0 amide bonds. The quantitative estimate of drug-likeness (QED) is 0.578. The molecule has 3 aromatic rings. The zero-order chi connectivity index (χ0) is 22.5. The molecule has 2 aliphatic rings. The van der Waals surface area contributed by atoms with Gasteiger partial charge < -0.3 is 9.84 Å². The summed E-state index contributed by atoms with van der Waals surface area (Å²) < 4.78 is 6.02. The van der Waals surface area contributed by atoms with Crippen LogP contribution in [-0.2, 0) is 9.53 Å². The van der Waals surface area contributed by atoms with Crippen LogP contribution in [0, 0.1) is 5.92 Å². The number of ether oxygens (including phenoxy) is 1. The molecule has 3 aromatic carbocycles. The van der Waals surface area contributed by atoms with E-state index in [-0.39, 0.29) is 17.5 Å². The topological polar surface area (TPSA) is 66.8 Å². The summed E-state index contributed by atoms with van der Waals surface area (Å²) in [6, 6.07) is 23.4. The number of Topliss-reactive ketones (excluding diaryl/α,β-unsaturated/α-hetero) is 1. The van der Waals surface area contributed by atoms with Crippen LogP contribution in [0.5, 0.6) is 5.75 Å². The molecule has 0 fully saturated rings. The van der Waals surface area contributed by atoms with E-state index in [1.54, 1.807) is 36.4 Å². The van der Waals surface area contributed by atoms with Gasteiger partial charge in [-0.1, -0.05) is 56.3 Å². The largest absolute Gasteiger partial charge is 0.508 e. The van der Waals surface area contributed by atoms with Gasteiger partial charge in [0.2, 0.25) is 5.78 Å². The molecule has 32 heavy (non-hydrogen) atoms. The number of aromatic hydroxyl groups is 1. The SMILES string of the molecule is CC(C)C[C@]12OC(=O)c3ccccc3N1C(c1ccc(O)cc1)=C(c1ccccc1)C2=O. The Kier molecular flexibility index (Phi) is 4.63. The van der Waals surface area contributed by atoms with E-state index >= 15 is 0 Å². The van der Waals surface area contributed by atoms with Crippen molar-refractivity contribution in [2.24, 2.45) is 5.92 Å². The maximum atomic E-state index is 14.2. The molecule has 0 unspecified atom stereocenters. The molecule has 2 heterocycles. The number of carbonyl (C=O) groups is 2. The fourth-order valence-electron chi connectivity index (χ4n) is 4.70. The highest BCUT2D eigenvalue weighted by Gasteiger charge is 2.60. The maximum absolute atomic E-state index is 14.2. The number of rotatable bonds is 4. The molecule has 5 nitrogen and oxygen atoms in total. The Morgan fingerprint density at radius 3 is 2.22 bits per heavy atom. The van der Waals surface area contributed by atoms with Crippen molar-refractivity contribution < 1.29 is 19.4 Å². The Morgan fingerprint density at radius 2 is 1.53 bits per heavy atom. The lowest BCUT2D eigenvalue weighted by molar-refractivity contribution is -0.132. The Labute approximate surface area is 186 Å². The van der Waals surface area contributed by atoms with Crippen molar-refractivity contribution in [3.8, 4) is 5.75 Å². The van der Waals surface area contributed by atoms with Crippen LogP contribution in [0.1, 0.15) is 41.8 Å². The third-order valence-electron chi connectivity index (χ3n) is 5.92. The van der Waals surface area contributed by atoms with E-state index in [0.717, 1.165) is 11.1 Å². The first-order chi connectivity index (χ1) is 15.4. The van der Waals surface area contributed by atoms with E-state index in [0.29, 0.717) is 28.9 Å². The van der Waals surface area contributed by atoms with Crippen molar-refractivity contribution in [3.63, 3.8) is 0 Å². The molecule has 1 N–H and O–H groups in total. The van der Waals surface area contributed by atoms with Gasteiger partial charge in [0.15, 0.2) is 0 Å². The summed E-state index contributed by atoms with van der Waals surface area (Å²) >= 11 is 0. The molecule has 0 spiro atoms. The normalized spacial score (nSPS) is 19.8. The Bertz CT molecular complexity index is 1240. The number of hydrogen-bond acceptors (Lipinski definition) is 5. The van der Waals surface area contributed by atoms with Crippen LogP contribution in [0.25, 0.3) is 11.3 Å². The van der Waals surface area contributed by atoms with Crippen molar-refractivity contribution in [2.45, 2.75) is 26.0 Å². The van der Waals surface area contributed by atoms with Crippen LogP contribution in [0.4, 0.5) is 5.69 Å². The van der Waals surface area contributed by atoms with Crippen molar-refractivity contribution >= 4 is 28.7 Å². The summed E-state index contributed by atoms with van der Waals surface area (Å²) in [7, 11) is 0. The van der Waals surface area contributed by atoms with E-state index in [1.807, 2.05) is 61.2 Å². The highest BCUT2D eigenvalue weighted by Crippen LogP contribution is 2.53. The Hall–Kier alpha value is -3.86. The minimum atomic E-state index is -1.46. The predicted molar refractivity (Wildman–Crippen MR) is 123 cm³/mol. The number of hydrogen-bond donors (Lipinski definition) is 1. The van der Waals surface area contributed by atoms with E-state index in [4.69, 9.17) is 4.74 Å². The predicted octanol–water partition coefficient (Wildman–Crippen LogP) is 5.26. The molecule has 5 heteroatoms. The number of carbonyl (C=O) groups excluding carboxylic acids is 2. The number of fused-ring (bicyclic) bond motifs is 3. The summed E-state index contributed by atoms with van der Waals surface area (Å²) in [6.45, 7) is 4.02. The number of para-hydroxylation sites is 1. The monoisotopic (exact) mass is 425 g/mol. The van der Waals surface area contributed by atoms with Crippen molar-refractivity contribution in [2.75, 3.05) is 4.90 Å². The fourth-order valence-corrected chi connectivity index (χ4v) is 4.70. The van der Waals surface area contributed by atoms with Gasteiger partial charge in [-0.25, -0.2) is 4.79 Å². The second-order valence-electron chi connectivity index (χ2n) is 8.59. The van der Waals surface area contributed by atoms with E-state index in [2.05, 4.69) is 0 Å². The third kappa shape index (κ3) is 2.93. The molecule has 0 radical (unpaired) electrons. The maximum Gasteiger partial charge on any atom is 0.342 e. The van der Waals surface area contributed by atoms with Crippen molar-refractivity contribution in [1.29, 1.82) is 0 Å². The van der Waals surface area contributed by atoms with Gasteiger partial charge in [-0.15, -0.1) is 0 Å². The average molecular weight is 425 g/mol. The van der Waals surface area contributed by atoms with Crippen LogP contribution in [0.2, 0.25) is 0 Å². The molecule has 160 valence electrons. The first-order valence-corrected chi connectivity index (χ1v) is 10.7. The number of phenols is 1. The highest BCUT2D eigenvalue weighted by molar-refractivity contribution is 6.38. The zero-order valence-corrected chi connectivity index (χ0v) is 17.9. The van der Waals surface area contributed by atoms with E-state index in [9.17, 15) is 14.7 Å². The van der Waals surface area contributed by atoms with Gasteiger partial charge in [-0.2, -0.15) is 0 Å². The van der Waals surface area contributed by atoms with Crippen LogP contribution in [0.3, 0.4) is 0 Å². The van der Waals surface area contributed by atoms with Crippen molar-refractivity contribution in [1.82, 2.24) is 0 Å². The van der Waals surface area contributed by atoms with Crippen LogP contribution < -0.4 is 4.90 Å². The average Bonchev–Trinajstić information content (AvgIpc) is 3.03. The zero-order valence-electron chi connectivity index (χ0n) is 17.9. The second kappa shape index (κ2) is 7.38. The summed E-state index contributed by atoms with van der Waals surface area (Å²) in [4.78, 5) is 29.1. The number of benzene rings is 3. The molecule has 1 atom stereocenters. The molecule has 0 aliphatic carbocycles. The molecule has 0 saturated carbocycles. The highest BCUT2D eigenvalue weighted by atomic mass is 16.6. The number of ketones is 1. The van der Waals surface area contributed by atoms with E-state index in [1.165, 1.54) is 0 Å². The molecule has 0 aromatic heterocycles. The minimum Gasteiger partial charge on any atom is -0.508 e. The summed E-state index contributed by atoms with van der Waals surface area (Å²) in [5, 5.41) is 9.86. The fraction of sp³-hybridized carbons (Fsp3) is 0.185. The smallest absolute Gasteiger partial charge is 0.342 e. The van der Waals surface area contributed by atoms with Crippen LogP contribution in [-0.4, -0.2) is 22.6 Å². The van der Waals surface area contributed by atoms with Gasteiger partial charge in [0.25, 0.3) is 5.72 Å². The first-order valence-electron chi connectivity index (χ1n) is 10.7. The van der Waals surface area contributed by atoms with Gasteiger partial charge in [0.1, 0.15) is 5.75 Å². The lowest BCUT2D eigenvalue weighted by Gasteiger charge is -2.44. The van der Waals surface area contributed by atoms with Crippen LogP contribution >= 0.6 is 0 Å². The molecular formula is C27H23NO4. The molecule has 2 aliphatic heterocycles. The summed E-state index contributed by atoms with van der Waals surface area (Å²) in [6.07, 6.45) is 0.351. The van der Waals surface area contributed by atoms with Gasteiger partial charge in [-0.05, 0) is 53.4 Å². The Morgan fingerprint density at radius 1 is 0.875 bits per heavy atom. The molecular weight excluding hydrogens is 402 g/mol. The number of phenolic OH excluding ortho intramolecular Hbond substituents is 1. The summed E-state index contributed by atoms with van der Waals surface area (Å²) in [5.41, 5.74) is 2.29. The number of esters is 1. The van der Waals surface area contributed by atoms with E-state index < -0.39 is 11.7 Å². The molecule has 5 rings (SSSR count). The van der Waals surface area contributed by atoms with Gasteiger partial charge in [-0.3, -0.25) is 9.69 Å². The lowest BCUT2D eigenvalue weighted by Crippen LogP contribution is -2.56. The third-order valence-corrected chi connectivity index (χ3v) is 5.92.